The monoisotopic (exact) mass is 278 g/mol. The Morgan fingerprint density at radius 3 is 2.33 bits per heavy atom. The fraction of sp³-hybridized carbons (Fsp3) is 1.00. The molecule has 106 valence electrons. The van der Waals surface area contributed by atoms with Crippen molar-refractivity contribution in [3.63, 3.8) is 0 Å². The first kappa shape index (κ1) is 14.2. The Kier molecular flexibility index (Phi) is 4.31. The number of hydrogen-bond donors (Lipinski definition) is 1. The van der Waals surface area contributed by atoms with Crippen LogP contribution >= 0.6 is 0 Å². The number of sulfone groups is 1. The summed E-state index contributed by atoms with van der Waals surface area (Å²) in [7, 11) is -1.35. The molecule has 18 heavy (non-hydrogen) atoms. The van der Waals surface area contributed by atoms with Crippen LogP contribution in [0.1, 0.15) is 32.1 Å². The fourth-order valence-electron chi connectivity index (χ4n) is 3.05. The lowest BCUT2D eigenvalue weighted by Crippen LogP contribution is -2.45. The third kappa shape index (κ3) is 2.87. The molecule has 2 atom stereocenters. The SMILES string of the molecule is COCCOCCC1(O)CC2CCC(C1)S2(=O)=O. The maximum absolute atomic E-state index is 11.9. The summed E-state index contributed by atoms with van der Waals surface area (Å²) in [5.74, 6) is 0. The predicted octanol–water partition coefficient (Wildman–Crippen LogP) is 0.510. The first-order valence-corrected chi connectivity index (χ1v) is 8.11. The van der Waals surface area contributed by atoms with Gasteiger partial charge in [-0.15, -0.1) is 0 Å². The molecule has 0 radical (unpaired) electrons. The van der Waals surface area contributed by atoms with E-state index in [0.717, 1.165) is 0 Å². The van der Waals surface area contributed by atoms with Gasteiger partial charge < -0.3 is 14.6 Å². The van der Waals surface area contributed by atoms with Gasteiger partial charge >= 0.3 is 0 Å². The molecule has 2 saturated heterocycles. The van der Waals surface area contributed by atoms with Crippen molar-refractivity contribution >= 4 is 9.84 Å². The fourth-order valence-corrected chi connectivity index (χ4v) is 5.61. The van der Waals surface area contributed by atoms with Crippen LogP contribution in [-0.2, 0) is 19.3 Å². The molecule has 0 aromatic rings. The first-order valence-electron chi connectivity index (χ1n) is 6.50. The molecule has 0 saturated carbocycles. The second-order valence-electron chi connectivity index (χ2n) is 5.40. The maximum Gasteiger partial charge on any atom is 0.156 e. The van der Waals surface area contributed by atoms with Gasteiger partial charge in [-0.3, -0.25) is 0 Å². The quantitative estimate of drug-likeness (QED) is 0.717. The molecule has 2 rings (SSSR count). The van der Waals surface area contributed by atoms with Crippen LogP contribution in [0.5, 0.6) is 0 Å². The molecule has 0 aromatic heterocycles. The Morgan fingerprint density at radius 2 is 1.78 bits per heavy atom. The molecule has 0 aliphatic carbocycles. The topological polar surface area (TPSA) is 72.8 Å². The minimum Gasteiger partial charge on any atom is -0.390 e. The molecule has 2 aliphatic rings. The Morgan fingerprint density at radius 1 is 1.17 bits per heavy atom. The molecule has 0 aromatic carbocycles. The molecule has 2 bridgehead atoms. The van der Waals surface area contributed by atoms with Crippen LogP contribution in [0.3, 0.4) is 0 Å². The van der Waals surface area contributed by atoms with E-state index < -0.39 is 15.4 Å². The molecule has 2 fully saturated rings. The van der Waals surface area contributed by atoms with Gasteiger partial charge in [0.1, 0.15) is 0 Å². The Labute approximate surface area is 108 Å². The van der Waals surface area contributed by atoms with E-state index >= 15 is 0 Å². The number of ether oxygens (including phenoxy) is 2. The zero-order valence-corrected chi connectivity index (χ0v) is 11.6. The van der Waals surface area contributed by atoms with Crippen molar-refractivity contribution in [3.8, 4) is 0 Å². The van der Waals surface area contributed by atoms with Crippen LogP contribution in [0.25, 0.3) is 0 Å². The van der Waals surface area contributed by atoms with E-state index in [0.29, 0.717) is 51.9 Å². The van der Waals surface area contributed by atoms with Gasteiger partial charge in [-0.1, -0.05) is 0 Å². The van der Waals surface area contributed by atoms with Crippen molar-refractivity contribution in [3.05, 3.63) is 0 Å². The van der Waals surface area contributed by atoms with E-state index in [2.05, 4.69) is 0 Å². The molecule has 2 unspecified atom stereocenters. The molecule has 0 spiro atoms. The van der Waals surface area contributed by atoms with Gasteiger partial charge in [0.05, 0.1) is 29.3 Å². The van der Waals surface area contributed by atoms with Crippen LogP contribution < -0.4 is 0 Å². The van der Waals surface area contributed by atoms with Crippen LogP contribution in [-0.4, -0.2) is 56.6 Å². The van der Waals surface area contributed by atoms with E-state index in [-0.39, 0.29) is 10.5 Å². The summed E-state index contributed by atoms with van der Waals surface area (Å²) in [5, 5.41) is 9.80. The summed E-state index contributed by atoms with van der Waals surface area (Å²) in [6.07, 6.45) is 2.68. The summed E-state index contributed by atoms with van der Waals surface area (Å²) >= 11 is 0. The Bertz CT molecular complexity index is 358. The second kappa shape index (κ2) is 5.45. The summed E-state index contributed by atoms with van der Waals surface area (Å²) in [6.45, 7) is 1.51. The van der Waals surface area contributed by atoms with Gasteiger partial charge in [0, 0.05) is 13.7 Å². The van der Waals surface area contributed by atoms with Gasteiger partial charge in [0.25, 0.3) is 0 Å². The first-order chi connectivity index (χ1) is 8.48. The van der Waals surface area contributed by atoms with E-state index in [1.165, 1.54) is 0 Å². The molecule has 6 heteroatoms. The van der Waals surface area contributed by atoms with Crippen molar-refractivity contribution in [1.82, 2.24) is 0 Å². The van der Waals surface area contributed by atoms with Gasteiger partial charge in [-0.25, -0.2) is 8.42 Å². The number of rotatable bonds is 6. The van der Waals surface area contributed by atoms with Crippen molar-refractivity contribution < 1.29 is 23.0 Å². The minimum atomic E-state index is -2.96. The molecular weight excluding hydrogens is 256 g/mol. The van der Waals surface area contributed by atoms with E-state index in [1.807, 2.05) is 0 Å². The summed E-state index contributed by atoms with van der Waals surface area (Å²) in [4.78, 5) is 0. The zero-order chi connectivity index (χ0) is 13.2. The lowest BCUT2D eigenvalue weighted by atomic mass is 9.90. The average molecular weight is 278 g/mol. The Hall–Kier alpha value is -0.170. The lowest BCUT2D eigenvalue weighted by molar-refractivity contribution is -0.0203. The number of fused-ring (bicyclic) bond motifs is 2. The van der Waals surface area contributed by atoms with Crippen LogP contribution in [0.15, 0.2) is 0 Å². The normalized spacial score (nSPS) is 37.9. The zero-order valence-electron chi connectivity index (χ0n) is 10.8. The highest BCUT2D eigenvalue weighted by molar-refractivity contribution is 7.93. The maximum atomic E-state index is 11.9. The van der Waals surface area contributed by atoms with Crippen molar-refractivity contribution in [2.45, 2.75) is 48.2 Å². The van der Waals surface area contributed by atoms with E-state index in [9.17, 15) is 13.5 Å². The predicted molar refractivity (Wildman–Crippen MR) is 67.2 cm³/mol. The van der Waals surface area contributed by atoms with Crippen LogP contribution in [0, 0.1) is 0 Å². The van der Waals surface area contributed by atoms with Crippen molar-refractivity contribution in [2.24, 2.45) is 0 Å². The Balaban J connectivity index is 1.83. The average Bonchev–Trinajstić information content (AvgIpc) is 2.51. The van der Waals surface area contributed by atoms with Crippen molar-refractivity contribution in [2.75, 3.05) is 26.9 Å². The largest absolute Gasteiger partial charge is 0.390 e. The molecule has 1 N–H and O–H groups in total. The summed E-state index contributed by atoms with van der Waals surface area (Å²) in [6, 6.07) is 0. The van der Waals surface area contributed by atoms with Crippen molar-refractivity contribution in [1.29, 1.82) is 0 Å². The molecule has 2 heterocycles. The van der Waals surface area contributed by atoms with Gasteiger partial charge in [-0.2, -0.15) is 0 Å². The summed E-state index contributed by atoms with van der Waals surface area (Å²) < 4.78 is 34.1. The van der Waals surface area contributed by atoms with E-state index in [1.54, 1.807) is 7.11 Å². The smallest absolute Gasteiger partial charge is 0.156 e. The highest BCUT2D eigenvalue weighted by atomic mass is 32.2. The third-order valence-electron chi connectivity index (χ3n) is 4.10. The number of methoxy groups -OCH3 is 1. The minimum absolute atomic E-state index is 0.333. The van der Waals surface area contributed by atoms with Crippen LogP contribution in [0.2, 0.25) is 0 Å². The molecular formula is C12H22O5S. The van der Waals surface area contributed by atoms with Gasteiger partial charge in [0.15, 0.2) is 9.84 Å². The van der Waals surface area contributed by atoms with E-state index in [4.69, 9.17) is 9.47 Å². The molecule has 5 nitrogen and oxygen atoms in total. The lowest BCUT2D eigenvalue weighted by Gasteiger charge is -2.36. The third-order valence-corrected chi connectivity index (χ3v) is 6.76. The standard InChI is InChI=1S/C12H22O5S/c1-16-6-7-17-5-4-12(13)8-10-2-3-11(9-12)18(10,14)15/h10-11,13H,2-9H2,1H3. The van der Waals surface area contributed by atoms with Crippen LogP contribution in [0.4, 0.5) is 0 Å². The molecule has 2 aliphatic heterocycles. The highest BCUT2D eigenvalue weighted by Gasteiger charge is 2.52. The highest BCUT2D eigenvalue weighted by Crippen LogP contribution is 2.44. The summed E-state index contributed by atoms with van der Waals surface area (Å²) in [5.41, 5.74) is -0.857. The molecule has 0 amide bonds. The second-order valence-corrected chi connectivity index (χ2v) is 7.91. The van der Waals surface area contributed by atoms with Gasteiger partial charge in [0.2, 0.25) is 0 Å². The van der Waals surface area contributed by atoms with Gasteiger partial charge in [-0.05, 0) is 32.1 Å². The number of aliphatic hydroxyl groups is 1. The number of hydrogen-bond acceptors (Lipinski definition) is 5.